The second-order valence-electron chi connectivity index (χ2n) is 5.98. The minimum absolute atomic E-state index is 0.169. The molecule has 1 heterocycles. The van der Waals surface area contributed by atoms with Crippen LogP contribution in [0.5, 0.6) is 0 Å². The Morgan fingerprint density at radius 2 is 2.00 bits per heavy atom. The number of hydrazine groups is 1. The molecule has 0 aromatic heterocycles. The molecule has 1 aromatic carbocycles. The van der Waals surface area contributed by atoms with Crippen molar-refractivity contribution >= 4 is 0 Å². The quantitative estimate of drug-likeness (QED) is 0.890. The molecule has 0 bridgehead atoms. The summed E-state index contributed by atoms with van der Waals surface area (Å²) in [6, 6.07) is 5.95. The van der Waals surface area contributed by atoms with Crippen molar-refractivity contribution in [2.24, 2.45) is 5.73 Å². The summed E-state index contributed by atoms with van der Waals surface area (Å²) in [7, 11) is 0. The highest BCUT2D eigenvalue weighted by atomic mass is 19.1. The fourth-order valence-electron chi connectivity index (χ4n) is 3.04. The van der Waals surface area contributed by atoms with E-state index in [1.165, 1.54) is 25.3 Å². The van der Waals surface area contributed by atoms with Crippen molar-refractivity contribution in [2.75, 3.05) is 6.54 Å². The smallest absolute Gasteiger partial charge is 0.128 e. The van der Waals surface area contributed by atoms with Crippen LogP contribution in [-0.2, 0) is 0 Å². The number of nitrogens with two attached hydrogens (primary N) is 1. The van der Waals surface area contributed by atoms with Crippen molar-refractivity contribution in [1.29, 1.82) is 0 Å². The third-order valence-corrected chi connectivity index (χ3v) is 4.26. The summed E-state index contributed by atoms with van der Waals surface area (Å²) in [6.45, 7) is 6.78. The van der Waals surface area contributed by atoms with Crippen molar-refractivity contribution in [3.8, 4) is 0 Å². The monoisotopic (exact) mass is 279 g/mol. The maximum atomic E-state index is 14.0. The lowest BCUT2D eigenvalue weighted by molar-refractivity contribution is 0.0299. The molecule has 20 heavy (non-hydrogen) atoms. The van der Waals surface area contributed by atoms with Crippen molar-refractivity contribution in [1.82, 2.24) is 10.4 Å². The summed E-state index contributed by atoms with van der Waals surface area (Å²) in [4.78, 5) is 0. The molecule has 112 valence electrons. The van der Waals surface area contributed by atoms with Crippen LogP contribution in [0.3, 0.4) is 0 Å². The van der Waals surface area contributed by atoms with Gasteiger partial charge < -0.3 is 5.73 Å². The van der Waals surface area contributed by atoms with Crippen LogP contribution in [0, 0.1) is 12.7 Å². The van der Waals surface area contributed by atoms with Gasteiger partial charge in [0.05, 0.1) is 6.04 Å². The molecule has 3 atom stereocenters. The molecule has 0 amide bonds. The fraction of sp³-hybridized carbons (Fsp3) is 0.625. The van der Waals surface area contributed by atoms with E-state index < -0.39 is 0 Å². The average Bonchev–Trinajstić information content (AvgIpc) is 2.42. The Morgan fingerprint density at radius 1 is 1.35 bits per heavy atom. The van der Waals surface area contributed by atoms with Crippen LogP contribution in [0.15, 0.2) is 18.2 Å². The normalized spacial score (nSPS) is 25.6. The predicted molar refractivity (Wildman–Crippen MR) is 80.7 cm³/mol. The number of piperidine rings is 1. The summed E-state index contributed by atoms with van der Waals surface area (Å²) >= 11 is 0. The molecular formula is C16H26FN3. The molecule has 1 saturated heterocycles. The van der Waals surface area contributed by atoms with Crippen LogP contribution >= 0.6 is 0 Å². The lowest BCUT2D eigenvalue weighted by atomic mass is 9.99. The molecule has 0 spiro atoms. The zero-order valence-electron chi connectivity index (χ0n) is 12.7. The molecule has 4 heteroatoms. The lowest BCUT2D eigenvalue weighted by Gasteiger charge is -2.41. The third-order valence-electron chi connectivity index (χ3n) is 4.26. The molecule has 3 unspecified atom stereocenters. The van der Waals surface area contributed by atoms with Gasteiger partial charge in [0.2, 0.25) is 0 Å². The van der Waals surface area contributed by atoms with Crippen LogP contribution < -0.4 is 11.2 Å². The Bertz CT molecular complexity index is 439. The molecule has 3 nitrogen and oxygen atoms in total. The Balaban J connectivity index is 2.17. The molecule has 3 N–H and O–H groups in total. The van der Waals surface area contributed by atoms with E-state index in [0.29, 0.717) is 24.2 Å². The summed E-state index contributed by atoms with van der Waals surface area (Å²) in [5.74, 6) is -0.184. The van der Waals surface area contributed by atoms with E-state index in [-0.39, 0.29) is 11.9 Å². The number of hydrogen-bond donors (Lipinski definition) is 2. The van der Waals surface area contributed by atoms with Crippen LogP contribution in [0.1, 0.15) is 50.3 Å². The molecular weight excluding hydrogens is 253 g/mol. The highest BCUT2D eigenvalue weighted by Gasteiger charge is 2.27. The van der Waals surface area contributed by atoms with Gasteiger partial charge >= 0.3 is 0 Å². The van der Waals surface area contributed by atoms with Gasteiger partial charge in [0.25, 0.3) is 0 Å². The van der Waals surface area contributed by atoms with Gasteiger partial charge in [-0.25, -0.2) is 14.8 Å². The first-order valence-electron chi connectivity index (χ1n) is 7.53. The predicted octanol–water partition coefficient (Wildman–Crippen LogP) is 2.90. The molecule has 1 aliphatic rings. The first-order chi connectivity index (χ1) is 9.52. The minimum Gasteiger partial charge on any atom is -0.329 e. The van der Waals surface area contributed by atoms with E-state index in [1.807, 2.05) is 13.0 Å². The Kier molecular flexibility index (Phi) is 5.13. The van der Waals surface area contributed by atoms with E-state index in [2.05, 4.69) is 24.3 Å². The lowest BCUT2D eigenvalue weighted by Crippen LogP contribution is -2.54. The van der Waals surface area contributed by atoms with E-state index in [4.69, 9.17) is 5.73 Å². The zero-order chi connectivity index (χ0) is 14.7. The largest absolute Gasteiger partial charge is 0.329 e. The Morgan fingerprint density at radius 3 is 2.60 bits per heavy atom. The number of nitrogens with one attached hydrogen (secondary N) is 1. The van der Waals surface area contributed by atoms with E-state index in [0.717, 1.165) is 5.56 Å². The second kappa shape index (κ2) is 6.66. The fourth-order valence-corrected chi connectivity index (χ4v) is 3.04. The van der Waals surface area contributed by atoms with Gasteiger partial charge in [0, 0.05) is 24.2 Å². The molecule has 0 saturated carbocycles. The summed E-state index contributed by atoms with van der Waals surface area (Å²) in [6.07, 6.45) is 3.60. The van der Waals surface area contributed by atoms with E-state index in [1.54, 1.807) is 6.07 Å². The van der Waals surface area contributed by atoms with Gasteiger partial charge in [-0.1, -0.05) is 24.1 Å². The first kappa shape index (κ1) is 15.4. The number of nitrogens with zero attached hydrogens (tertiary/aromatic N) is 1. The van der Waals surface area contributed by atoms with Crippen LogP contribution in [0.4, 0.5) is 4.39 Å². The summed E-state index contributed by atoms with van der Waals surface area (Å²) in [5.41, 5.74) is 11.1. The summed E-state index contributed by atoms with van der Waals surface area (Å²) in [5, 5.41) is 2.25. The van der Waals surface area contributed by atoms with E-state index in [9.17, 15) is 4.39 Å². The average molecular weight is 279 g/mol. The topological polar surface area (TPSA) is 41.3 Å². The molecule has 1 aromatic rings. The minimum atomic E-state index is -0.184. The van der Waals surface area contributed by atoms with Crippen molar-refractivity contribution < 1.29 is 4.39 Å². The van der Waals surface area contributed by atoms with Crippen LogP contribution in [0.2, 0.25) is 0 Å². The molecule has 0 aliphatic carbocycles. The maximum absolute atomic E-state index is 14.0. The maximum Gasteiger partial charge on any atom is 0.128 e. The van der Waals surface area contributed by atoms with Gasteiger partial charge in [0.1, 0.15) is 5.82 Å². The number of hydrogen-bond acceptors (Lipinski definition) is 3. The van der Waals surface area contributed by atoms with E-state index >= 15 is 0 Å². The van der Waals surface area contributed by atoms with Crippen LogP contribution in [-0.4, -0.2) is 23.6 Å². The van der Waals surface area contributed by atoms with Crippen LogP contribution in [0.25, 0.3) is 0 Å². The summed E-state index contributed by atoms with van der Waals surface area (Å²) < 4.78 is 14.0. The number of aryl methyl sites for hydroxylation is 1. The standard InChI is InChI=1S/C16H26FN3/c1-11-7-8-15(17)14(9-11)16(10-18)19-20-12(2)5-4-6-13(20)3/h7-9,12-13,16,19H,4-6,10,18H2,1-3H3. The molecule has 0 radical (unpaired) electrons. The van der Waals surface area contributed by atoms with Gasteiger partial charge in [-0.15, -0.1) is 0 Å². The zero-order valence-corrected chi connectivity index (χ0v) is 12.7. The van der Waals surface area contributed by atoms with Crippen molar-refractivity contribution in [3.63, 3.8) is 0 Å². The molecule has 1 fully saturated rings. The highest BCUT2D eigenvalue weighted by molar-refractivity contribution is 5.27. The second-order valence-corrected chi connectivity index (χ2v) is 5.98. The van der Waals surface area contributed by atoms with Gasteiger partial charge in [0.15, 0.2) is 0 Å². The van der Waals surface area contributed by atoms with Gasteiger partial charge in [-0.2, -0.15) is 0 Å². The van der Waals surface area contributed by atoms with Gasteiger partial charge in [-0.05, 0) is 39.7 Å². The number of halogens is 1. The molecule has 1 aliphatic heterocycles. The number of benzene rings is 1. The highest BCUT2D eigenvalue weighted by Crippen LogP contribution is 2.24. The Labute approximate surface area is 121 Å². The van der Waals surface area contributed by atoms with Crippen molar-refractivity contribution in [2.45, 2.75) is 58.2 Å². The first-order valence-corrected chi connectivity index (χ1v) is 7.53. The SMILES string of the molecule is Cc1ccc(F)c(C(CN)NN2C(C)CCCC2C)c1. The number of rotatable bonds is 4. The third kappa shape index (κ3) is 3.37. The van der Waals surface area contributed by atoms with Crippen molar-refractivity contribution in [3.05, 3.63) is 35.1 Å². The molecule has 2 rings (SSSR count). The Hall–Kier alpha value is -0.970. The van der Waals surface area contributed by atoms with Gasteiger partial charge in [-0.3, -0.25) is 0 Å².